The van der Waals surface area contributed by atoms with Gasteiger partial charge in [-0.05, 0) is 31.5 Å². The van der Waals surface area contributed by atoms with E-state index in [9.17, 15) is 0 Å². The maximum absolute atomic E-state index is 5.26. The third-order valence-electron chi connectivity index (χ3n) is 2.98. The molecule has 1 rings (SSSR count). The van der Waals surface area contributed by atoms with Crippen molar-refractivity contribution in [3.8, 4) is 0 Å². The average molecular weight is 224 g/mol. The Labute approximate surface area is 98.8 Å². The molecule has 0 saturated carbocycles. The summed E-state index contributed by atoms with van der Waals surface area (Å²) < 4.78 is 7.45. The normalized spacial score (nSPS) is 15.4. The van der Waals surface area contributed by atoms with Crippen LogP contribution in [0.4, 0.5) is 0 Å². The van der Waals surface area contributed by atoms with Crippen LogP contribution in [0.2, 0.25) is 0 Å². The Balaban J connectivity index is 2.69. The minimum atomic E-state index is 0.257. The van der Waals surface area contributed by atoms with E-state index in [1.807, 2.05) is 7.05 Å². The van der Waals surface area contributed by atoms with E-state index in [-0.39, 0.29) is 6.10 Å². The lowest BCUT2D eigenvalue weighted by atomic mass is 9.99. The van der Waals surface area contributed by atoms with Crippen LogP contribution in [0.25, 0.3) is 0 Å². The molecule has 0 saturated heterocycles. The van der Waals surface area contributed by atoms with Crippen LogP contribution in [-0.4, -0.2) is 24.8 Å². The lowest BCUT2D eigenvalue weighted by Gasteiger charge is -2.19. The quantitative estimate of drug-likeness (QED) is 0.803. The van der Waals surface area contributed by atoms with E-state index >= 15 is 0 Å². The molecule has 0 spiro atoms. The number of aromatic nitrogens is 1. The van der Waals surface area contributed by atoms with Gasteiger partial charge in [0.05, 0.1) is 6.10 Å². The molecule has 1 aromatic heterocycles. The van der Waals surface area contributed by atoms with Gasteiger partial charge in [-0.3, -0.25) is 0 Å². The highest BCUT2D eigenvalue weighted by atomic mass is 16.5. The smallest absolute Gasteiger partial charge is 0.0721 e. The zero-order valence-corrected chi connectivity index (χ0v) is 11.0. The highest BCUT2D eigenvalue weighted by Gasteiger charge is 2.14. The SMILES string of the molecule is CNC(c1ccn(CC(C)OC)c1)C(C)C. The topological polar surface area (TPSA) is 26.2 Å². The fourth-order valence-electron chi connectivity index (χ4n) is 2.01. The van der Waals surface area contributed by atoms with E-state index in [4.69, 9.17) is 4.74 Å². The van der Waals surface area contributed by atoms with Crippen LogP contribution in [0, 0.1) is 5.92 Å². The minimum absolute atomic E-state index is 0.257. The molecule has 0 fully saturated rings. The van der Waals surface area contributed by atoms with Gasteiger partial charge in [0.1, 0.15) is 0 Å². The molecule has 0 aliphatic carbocycles. The molecule has 1 heterocycles. The Hall–Kier alpha value is -0.800. The first-order valence-electron chi connectivity index (χ1n) is 5.94. The number of nitrogens with one attached hydrogen (secondary N) is 1. The van der Waals surface area contributed by atoms with Crippen molar-refractivity contribution in [3.05, 3.63) is 24.0 Å². The van der Waals surface area contributed by atoms with Crippen molar-refractivity contribution in [2.24, 2.45) is 5.92 Å². The first-order chi connectivity index (χ1) is 7.58. The van der Waals surface area contributed by atoms with Crippen molar-refractivity contribution in [2.45, 2.75) is 39.5 Å². The molecule has 0 bridgehead atoms. The first-order valence-corrected chi connectivity index (χ1v) is 5.94. The second-order valence-corrected chi connectivity index (χ2v) is 4.70. The summed E-state index contributed by atoms with van der Waals surface area (Å²) >= 11 is 0. The standard InChI is InChI=1S/C13H24N2O/c1-10(2)13(14-4)12-6-7-15(9-12)8-11(3)16-5/h6-7,9-11,13-14H,8H2,1-5H3. The van der Waals surface area contributed by atoms with Gasteiger partial charge >= 0.3 is 0 Å². The van der Waals surface area contributed by atoms with E-state index in [2.05, 4.69) is 49.1 Å². The Morgan fingerprint density at radius 1 is 1.38 bits per heavy atom. The maximum atomic E-state index is 5.26. The van der Waals surface area contributed by atoms with Gasteiger partial charge in [0.15, 0.2) is 0 Å². The molecule has 2 atom stereocenters. The fourth-order valence-corrected chi connectivity index (χ4v) is 2.01. The number of ether oxygens (including phenoxy) is 1. The number of hydrogen-bond donors (Lipinski definition) is 1. The van der Waals surface area contributed by atoms with E-state index in [0.29, 0.717) is 12.0 Å². The molecule has 0 aliphatic rings. The van der Waals surface area contributed by atoms with Crippen LogP contribution in [0.3, 0.4) is 0 Å². The number of hydrogen-bond acceptors (Lipinski definition) is 2. The van der Waals surface area contributed by atoms with Gasteiger partial charge < -0.3 is 14.6 Å². The predicted octanol–water partition coefficient (Wildman–Crippen LogP) is 2.44. The van der Waals surface area contributed by atoms with Crippen LogP contribution in [0.5, 0.6) is 0 Å². The molecule has 0 radical (unpaired) electrons. The van der Waals surface area contributed by atoms with E-state index in [1.54, 1.807) is 7.11 Å². The first kappa shape index (κ1) is 13.3. The van der Waals surface area contributed by atoms with Crippen LogP contribution in [-0.2, 0) is 11.3 Å². The van der Waals surface area contributed by atoms with E-state index in [0.717, 1.165) is 6.54 Å². The maximum Gasteiger partial charge on any atom is 0.0721 e. The van der Waals surface area contributed by atoms with Crippen molar-refractivity contribution < 1.29 is 4.74 Å². The molecule has 16 heavy (non-hydrogen) atoms. The summed E-state index contributed by atoms with van der Waals surface area (Å²) in [6, 6.07) is 2.61. The molecule has 3 heteroatoms. The summed E-state index contributed by atoms with van der Waals surface area (Å²) in [5.74, 6) is 0.598. The fraction of sp³-hybridized carbons (Fsp3) is 0.692. The summed E-state index contributed by atoms with van der Waals surface area (Å²) in [5.41, 5.74) is 1.35. The predicted molar refractivity (Wildman–Crippen MR) is 67.5 cm³/mol. The van der Waals surface area contributed by atoms with Crippen molar-refractivity contribution in [3.63, 3.8) is 0 Å². The molecular weight excluding hydrogens is 200 g/mol. The third-order valence-corrected chi connectivity index (χ3v) is 2.98. The minimum Gasteiger partial charge on any atom is -0.380 e. The summed E-state index contributed by atoms with van der Waals surface area (Å²) in [4.78, 5) is 0. The van der Waals surface area contributed by atoms with Gasteiger partial charge in [-0.25, -0.2) is 0 Å². The summed E-state index contributed by atoms with van der Waals surface area (Å²) in [7, 11) is 3.76. The summed E-state index contributed by atoms with van der Waals surface area (Å²) in [6.07, 6.45) is 4.58. The molecule has 2 unspecified atom stereocenters. The Bertz CT molecular complexity index is 307. The zero-order chi connectivity index (χ0) is 12.1. The summed E-state index contributed by atoms with van der Waals surface area (Å²) in [5, 5.41) is 3.35. The van der Waals surface area contributed by atoms with Gasteiger partial charge in [0.2, 0.25) is 0 Å². The summed E-state index contributed by atoms with van der Waals surface area (Å²) in [6.45, 7) is 7.45. The molecule has 1 N–H and O–H groups in total. The molecule has 0 aliphatic heterocycles. The molecule has 3 nitrogen and oxygen atoms in total. The average Bonchev–Trinajstić information content (AvgIpc) is 2.66. The van der Waals surface area contributed by atoms with Gasteiger partial charge in [0, 0.05) is 32.1 Å². The second kappa shape index (κ2) is 6.06. The lowest BCUT2D eigenvalue weighted by molar-refractivity contribution is 0.103. The number of nitrogens with zero attached hydrogens (tertiary/aromatic N) is 1. The molecule has 0 amide bonds. The van der Waals surface area contributed by atoms with Crippen molar-refractivity contribution in [1.29, 1.82) is 0 Å². The van der Waals surface area contributed by atoms with E-state index in [1.165, 1.54) is 5.56 Å². The molecular formula is C13H24N2O. The largest absolute Gasteiger partial charge is 0.380 e. The number of rotatable bonds is 6. The van der Waals surface area contributed by atoms with Gasteiger partial charge in [-0.2, -0.15) is 0 Å². The van der Waals surface area contributed by atoms with Crippen molar-refractivity contribution >= 4 is 0 Å². The van der Waals surface area contributed by atoms with Gasteiger partial charge in [-0.15, -0.1) is 0 Å². The van der Waals surface area contributed by atoms with Crippen molar-refractivity contribution in [1.82, 2.24) is 9.88 Å². The Morgan fingerprint density at radius 3 is 2.56 bits per heavy atom. The Kier molecular flexibility index (Phi) is 5.03. The second-order valence-electron chi connectivity index (χ2n) is 4.70. The lowest BCUT2D eigenvalue weighted by Crippen LogP contribution is -2.21. The third kappa shape index (κ3) is 3.35. The van der Waals surface area contributed by atoms with Gasteiger partial charge in [-0.1, -0.05) is 13.8 Å². The number of methoxy groups -OCH3 is 1. The van der Waals surface area contributed by atoms with Crippen LogP contribution < -0.4 is 5.32 Å². The molecule has 1 aromatic rings. The van der Waals surface area contributed by atoms with Gasteiger partial charge in [0.25, 0.3) is 0 Å². The molecule has 0 aromatic carbocycles. The highest BCUT2D eigenvalue weighted by molar-refractivity contribution is 5.16. The van der Waals surface area contributed by atoms with Crippen molar-refractivity contribution in [2.75, 3.05) is 14.2 Å². The Morgan fingerprint density at radius 2 is 2.06 bits per heavy atom. The highest BCUT2D eigenvalue weighted by Crippen LogP contribution is 2.21. The van der Waals surface area contributed by atoms with Crippen LogP contribution in [0.1, 0.15) is 32.4 Å². The monoisotopic (exact) mass is 224 g/mol. The van der Waals surface area contributed by atoms with Crippen LogP contribution in [0.15, 0.2) is 18.5 Å². The zero-order valence-electron chi connectivity index (χ0n) is 11.0. The molecule has 92 valence electrons. The van der Waals surface area contributed by atoms with Crippen LogP contribution >= 0.6 is 0 Å². The van der Waals surface area contributed by atoms with E-state index < -0.39 is 0 Å².